The summed E-state index contributed by atoms with van der Waals surface area (Å²) in [5.74, 6) is -3.14. The molecule has 1 saturated heterocycles. The van der Waals surface area contributed by atoms with Gasteiger partial charge in [0.1, 0.15) is 6.61 Å². The minimum absolute atomic E-state index is 0.00111. The molecule has 1 N–H and O–H groups in total. The first-order valence-electron chi connectivity index (χ1n) is 9.05. The Hall–Kier alpha value is -3.48. The van der Waals surface area contributed by atoms with Crippen LogP contribution in [0.3, 0.4) is 0 Å². The van der Waals surface area contributed by atoms with Gasteiger partial charge in [-0.15, -0.1) is 0 Å². The van der Waals surface area contributed by atoms with Crippen LogP contribution in [-0.4, -0.2) is 33.7 Å². The number of hydrogen-bond donors (Lipinski definition) is 1. The Morgan fingerprint density at radius 3 is 2.34 bits per heavy atom. The number of carbonyl (C=O) groups excluding carboxylic acids is 3. The molecule has 152 valence electrons. The van der Waals surface area contributed by atoms with Crippen molar-refractivity contribution in [3.05, 3.63) is 45.8 Å². The second-order valence-electron chi connectivity index (χ2n) is 7.46. The van der Waals surface area contributed by atoms with Crippen LogP contribution in [0.25, 0.3) is 16.0 Å². The zero-order valence-corrected chi connectivity index (χ0v) is 16.6. The van der Waals surface area contributed by atoms with Gasteiger partial charge >= 0.3 is 11.7 Å². The Labute approximate surface area is 167 Å². The van der Waals surface area contributed by atoms with Gasteiger partial charge in [-0.1, -0.05) is 50.2 Å². The van der Waals surface area contributed by atoms with Crippen molar-refractivity contribution >= 4 is 29.1 Å². The number of azide groups is 1. The number of β-lactam (4-membered cyclic amide) rings is 1. The zero-order valence-electron chi connectivity index (χ0n) is 16.6. The Morgan fingerprint density at radius 1 is 1.24 bits per heavy atom. The molecule has 1 aromatic rings. The number of amides is 1. The molecule has 0 spiro atoms. The number of carbonyl (C=O) groups is 3. The predicted molar refractivity (Wildman–Crippen MR) is 103 cm³/mol. The second kappa shape index (κ2) is 8.68. The van der Waals surface area contributed by atoms with Gasteiger partial charge in [-0.25, -0.2) is 4.79 Å². The summed E-state index contributed by atoms with van der Waals surface area (Å²) in [5.41, 5.74) is 17.0. The monoisotopic (exact) mass is 398 g/mol. The molecule has 0 saturated carbocycles. The van der Waals surface area contributed by atoms with Crippen molar-refractivity contribution in [2.24, 2.45) is 22.9 Å². The number of ketones is 1. The summed E-state index contributed by atoms with van der Waals surface area (Å²) < 4.78 is 5.07. The van der Waals surface area contributed by atoms with Gasteiger partial charge in [-0.05, 0) is 23.9 Å². The topological polar surface area (TPSA) is 158 Å². The molecular weight excluding hydrogens is 376 g/mol. The summed E-state index contributed by atoms with van der Waals surface area (Å²) in [5, 5.41) is 6.17. The Balaban J connectivity index is 2.07. The fourth-order valence-corrected chi connectivity index (χ4v) is 3.58. The van der Waals surface area contributed by atoms with E-state index in [-0.39, 0.29) is 18.4 Å². The lowest BCUT2D eigenvalue weighted by atomic mass is 9.63. The smallest absolute Gasteiger partial charge is 0.441 e. The van der Waals surface area contributed by atoms with E-state index in [0.717, 1.165) is 0 Å². The highest BCUT2D eigenvalue weighted by Crippen LogP contribution is 2.39. The van der Waals surface area contributed by atoms with Gasteiger partial charge in [-0.3, -0.25) is 9.59 Å². The highest BCUT2D eigenvalue weighted by atomic mass is 16.5. The highest BCUT2D eigenvalue weighted by Gasteiger charge is 2.58. The lowest BCUT2D eigenvalue weighted by molar-refractivity contribution is -0.150. The first kappa shape index (κ1) is 21.8. The maximum Gasteiger partial charge on any atom is 0.441 e. The summed E-state index contributed by atoms with van der Waals surface area (Å²) in [6.07, 6.45) is 0. The molecule has 0 aromatic heterocycles. The molecule has 0 aliphatic carbocycles. The summed E-state index contributed by atoms with van der Waals surface area (Å²) in [6, 6.07) is 6.28. The number of nitrogens with zero attached hydrogens (tertiary/aromatic N) is 5. The molecule has 10 heteroatoms. The van der Waals surface area contributed by atoms with Gasteiger partial charge in [0, 0.05) is 10.6 Å². The summed E-state index contributed by atoms with van der Waals surface area (Å²) >= 11 is 0. The molecule has 1 heterocycles. The van der Waals surface area contributed by atoms with Gasteiger partial charge in [-0.2, -0.15) is 4.79 Å². The molecule has 0 radical (unpaired) electrons. The summed E-state index contributed by atoms with van der Waals surface area (Å²) in [6.45, 7) is 6.89. The Morgan fingerprint density at radius 2 is 1.86 bits per heavy atom. The third kappa shape index (κ3) is 4.34. The maximum atomic E-state index is 12.8. The van der Waals surface area contributed by atoms with E-state index in [0.29, 0.717) is 11.3 Å². The lowest BCUT2D eigenvalue weighted by Gasteiger charge is -2.51. The molecule has 29 heavy (non-hydrogen) atoms. The molecule has 2 rings (SSSR count). The van der Waals surface area contributed by atoms with E-state index in [4.69, 9.17) is 10.3 Å². The summed E-state index contributed by atoms with van der Waals surface area (Å²) in [7, 11) is 0. The molecule has 0 bridgehead atoms. The minimum Gasteiger partial charge on any atom is -0.452 e. The van der Waals surface area contributed by atoms with E-state index in [1.807, 2.05) is 13.8 Å². The number of benzene rings is 1. The van der Waals surface area contributed by atoms with Gasteiger partial charge in [0.25, 0.3) is 5.78 Å². The Kier molecular flexibility index (Phi) is 6.53. The average molecular weight is 398 g/mol. The first-order chi connectivity index (χ1) is 13.7. The number of nitrogens with one attached hydrogen (secondary N) is 1. The largest absolute Gasteiger partial charge is 0.452 e. The molecule has 10 nitrogen and oxygen atoms in total. The number of Topliss-reactive ketones (excluding diaryl/α,β-unsaturated/α-hetero) is 1. The predicted octanol–water partition coefficient (Wildman–Crippen LogP) is 2.71. The van der Waals surface area contributed by atoms with E-state index < -0.39 is 34.8 Å². The van der Waals surface area contributed by atoms with E-state index in [2.05, 4.69) is 20.1 Å². The van der Waals surface area contributed by atoms with E-state index in [1.165, 1.54) is 0 Å². The van der Waals surface area contributed by atoms with Crippen molar-refractivity contribution in [2.75, 3.05) is 0 Å². The van der Waals surface area contributed by atoms with E-state index in [9.17, 15) is 19.9 Å². The SMILES string of the molecule is CC(C)[C@H]1C(=O)N[C@]1(C)[C@@H](C)C(=O)C(=[N+]=[N-])C(=O)OCc1ccc(N=[N+]=[N-])cc1. The molecule has 1 aliphatic heterocycles. The van der Waals surface area contributed by atoms with Gasteiger partial charge in [0.2, 0.25) is 5.91 Å². The molecule has 1 fully saturated rings. The van der Waals surface area contributed by atoms with Crippen molar-refractivity contribution in [2.45, 2.75) is 39.8 Å². The first-order valence-corrected chi connectivity index (χ1v) is 9.05. The third-order valence-electron chi connectivity index (χ3n) is 5.27. The molecule has 0 unspecified atom stereocenters. The normalized spacial score (nSPS) is 21.1. The van der Waals surface area contributed by atoms with Crippen LogP contribution in [0.15, 0.2) is 29.4 Å². The van der Waals surface area contributed by atoms with Gasteiger partial charge in [0.15, 0.2) is 0 Å². The molecule has 1 amide bonds. The van der Waals surface area contributed by atoms with Crippen LogP contribution < -0.4 is 5.32 Å². The van der Waals surface area contributed by atoms with Crippen LogP contribution in [0, 0.1) is 17.8 Å². The summed E-state index contributed by atoms with van der Waals surface area (Å²) in [4.78, 5) is 42.5. The van der Waals surface area contributed by atoms with Crippen molar-refractivity contribution in [3.63, 3.8) is 0 Å². The van der Waals surface area contributed by atoms with Crippen LogP contribution in [0.2, 0.25) is 0 Å². The minimum atomic E-state index is -1.07. The van der Waals surface area contributed by atoms with Crippen LogP contribution in [0.4, 0.5) is 5.69 Å². The van der Waals surface area contributed by atoms with Crippen molar-refractivity contribution in [1.82, 2.24) is 5.32 Å². The molecule has 1 aromatic carbocycles. The van der Waals surface area contributed by atoms with E-state index >= 15 is 0 Å². The highest BCUT2D eigenvalue weighted by molar-refractivity contribution is 6.62. The average Bonchev–Trinajstić information content (AvgIpc) is 2.66. The van der Waals surface area contributed by atoms with Gasteiger partial charge < -0.3 is 15.6 Å². The van der Waals surface area contributed by atoms with Crippen molar-refractivity contribution in [1.29, 1.82) is 0 Å². The zero-order chi connectivity index (χ0) is 21.8. The van der Waals surface area contributed by atoms with E-state index in [1.54, 1.807) is 38.1 Å². The fourth-order valence-electron chi connectivity index (χ4n) is 3.58. The quantitative estimate of drug-likeness (QED) is 0.136. The maximum absolute atomic E-state index is 12.8. The van der Waals surface area contributed by atoms with Crippen molar-refractivity contribution < 1.29 is 23.9 Å². The lowest BCUT2D eigenvalue weighted by Crippen LogP contribution is -2.73. The molecule has 1 aliphatic rings. The van der Waals surface area contributed by atoms with Gasteiger partial charge in [0.05, 0.1) is 17.4 Å². The van der Waals surface area contributed by atoms with Crippen LogP contribution in [0.1, 0.15) is 33.3 Å². The third-order valence-corrected chi connectivity index (χ3v) is 5.27. The second-order valence-corrected chi connectivity index (χ2v) is 7.46. The molecular formula is C19H22N6O4. The van der Waals surface area contributed by atoms with Crippen molar-refractivity contribution in [3.8, 4) is 0 Å². The number of rotatable bonds is 8. The van der Waals surface area contributed by atoms with Crippen LogP contribution in [-0.2, 0) is 25.7 Å². The van der Waals surface area contributed by atoms with Crippen LogP contribution >= 0.6 is 0 Å². The molecule has 3 atom stereocenters. The number of hydrogen-bond acceptors (Lipinski definition) is 5. The number of ether oxygens (including phenoxy) is 1. The fraction of sp³-hybridized carbons (Fsp3) is 0.474. The standard InChI is InChI=1S/C19H22N6O4/c1-10(2)14-17(27)22-19(14,4)11(3)16(26)15(23-20)18(28)29-9-12-5-7-13(8-6-12)24-25-21/h5-8,10-11,14H,9H2,1-4H3,(H,22,27)/t11-,14-,19+/m0/s1. The van der Waals surface area contributed by atoms with Crippen LogP contribution in [0.5, 0.6) is 0 Å². The number of esters is 1. The Bertz CT molecular complexity index is 929.